The van der Waals surface area contributed by atoms with Crippen molar-refractivity contribution >= 4 is 5.97 Å². The second-order valence-electron chi connectivity index (χ2n) is 5.00. The zero-order chi connectivity index (χ0) is 13.1. The van der Waals surface area contributed by atoms with Crippen LogP contribution in [-0.2, 0) is 11.8 Å². The molecule has 1 aromatic rings. The Morgan fingerprint density at radius 2 is 1.94 bits per heavy atom. The molecule has 1 unspecified atom stereocenters. The highest BCUT2D eigenvalue weighted by Gasteiger charge is 2.30. The summed E-state index contributed by atoms with van der Waals surface area (Å²) in [4.78, 5) is 13.7. The van der Waals surface area contributed by atoms with Crippen LogP contribution in [0.3, 0.4) is 0 Å². The molecule has 0 spiro atoms. The molecule has 1 atom stereocenters. The molecule has 0 saturated carbocycles. The number of hydrogen-bond donors (Lipinski definition) is 1. The van der Waals surface area contributed by atoms with Crippen molar-refractivity contribution in [2.24, 2.45) is 7.05 Å². The normalized spacial score (nSPS) is 19.4. The average molecular weight is 251 g/mol. The first kappa shape index (κ1) is 13.1. The lowest BCUT2D eigenvalue weighted by Gasteiger charge is -2.27. The Labute approximate surface area is 107 Å². The summed E-state index contributed by atoms with van der Waals surface area (Å²) in [6, 6.07) is -0.545. The van der Waals surface area contributed by atoms with E-state index in [1.165, 1.54) is 12.8 Å². The van der Waals surface area contributed by atoms with Crippen LogP contribution < -0.4 is 0 Å². The van der Waals surface area contributed by atoms with E-state index in [2.05, 4.69) is 10.00 Å². The number of hydrogen-bond acceptors (Lipinski definition) is 3. The van der Waals surface area contributed by atoms with E-state index >= 15 is 0 Å². The zero-order valence-electron chi connectivity index (χ0n) is 11.1. The molecule has 1 aromatic heterocycles. The van der Waals surface area contributed by atoms with E-state index in [1.807, 2.05) is 14.0 Å². The lowest BCUT2D eigenvalue weighted by atomic mass is 10.1. The predicted molar refractivity (Wildman–Crippen MR) is 68.4 cm³/mol. The fourth-order valence-corrected chi connectivity index (χ4v) is 2.62. The molecule has 2 heterocycles. The fourth-order valence-electron chi connectivity index (χ4n) is 2.62. The van der Waals surface area contributed by atoms with Crippen LogP contribution in [0.15, 0.2) is 6.20 Å². The summed E-state index contributed by atoms with van der Waals surface area (Å²) >= 11 is 0. The minimum atomic E-state index is -0.770. The average Bonchev–Trinajstić information content (AvgIpc) is 2.59. The molecule has 0 radical (unpaired) electrons. The molecular formula is C13H21N3O2. The lowest BCUT2D eigenvalue weighted by molar-refractivity contribution is -0.143. The van der Waals surface area contributed by atoms with Crippen LogP contribution in [0.2, 0.25) is 0 Å². The first-order valence-corrected chi connectivity index (χ1v) is 6.56. The van der Waals surface area contributed by atoms with Gasteiger partial charge in [0.1, 0.15) is 6.04 Å². The van der Waals surface area contributed by atoms with Crippen LogP contribution in [0.4, 0.5) is 0 Å². The van der Waals surface area contributed by atoms with Crippen LogP contribution in [0.25, 0.3) is 0 Å². The number of rotatable bonds is 3. The number of carboxylic acid groups (broad SMARTS) is 1. The Bertz CT molecular complexity index is 420. The van der Waals surface area contributed by atoms with Crippen LogP contribution in [0.1, 0.15) is 43.0 Å². The Kier molecular flexibility index (Phi) is 4.01. The van der Waals surface area contributed by atoms with Crippen LogP contribution in [0.5, 0.6) is 0 Å². The molecular weight excluding hydrogens is 230 g/mol. The smallest absolute Gasteiger partial charge is 0.325 e. The van der Waals surface area contributed by atoms with Gasteiger partial charge in [0.25, 0.3) is 0 Å². The predicted octanol–water partition coefficient (Wildman–Crippen LogP) is 1.73. The second-order valence-corrected chi connectivity index (χ2v) is 5.00. The van der Waals surface area contributed by atoms with Gasteiger partial charge in [-0.2, -0.15) is 5.10 Å². The number of carboxylic acids is 1. The van der Waals surface area contributed by atoms with Crippen LogP contribution in [-0.4, -0.2) is 38.8 Å². The quantitative estimate of drug-likeness (QED) is 0.888. The third kappa shape index (κ3) is 2.56. The molecule has 1 saturated heterocycles. The maximum atomic E-state index is 11.6. The molecule has 18 heavy (non-hydrogen) atoms. The summed E-state index contributed by atoms with van der Waals surface area (Å²) in [5.74, 6) is -0.770. The van der Waals surface area contributed by atoms with E-state index in [4.69, 9.17) is 0 Å². The second kappa shape index (κ2) is 5.52. The van der Waals surface area contributed by atoms with Gasteiger partial charge in [-0.15, -0.1) is 0 Å². The van der Waals surface area contributed by atoms with Gasteiger partial charge in [-0.3, -0.25) is 14.4 Å². The number of aliphatic carboxylic acids is 1. The maximum Gasteiger partial charge on any atom is 0.325 e. The highest BCUT2D eigenvalue weighted by atomic mass is 16.4. The number of carbonyl (C=O) groups is 1. The molecule has 1 fully saturated rings. The van der Waals surface area contributed by atoms with Crippen LogP contribution >= 0.6 is 0 Å². The summed E-state index contributed by atoms with van der Waals surface area (Å²) < 4.78 is 1.74. The maximum absolute atomic E-state index is 11.6. The van der Waals surface area contributed by atoms with Crippen molar-refractivity contribution in [3.8, 4) is 0 Å². The molecule has 0 amide bonds. The van der Waals surface area contributed by atoms with E-state index in [0.717, 1.165) is 37.2 Å². The first-order chi connectivity index (χ1) is 8.61. The minimum absolute atomic E-state index is 0.545. The number of aromatic nitrogens is 2. The number of likely N-dealkylation sites (tertiary alicyclic amines) is 1. The Hall–Kier alpha value is -1.36. The van der Waals surface area contributed by atoms with E-state index < -0.39 is 12.0 Å². The van der Waals surface area contributed by atoms with Gasteiger partial charge in [-0.1, -0.05) is 12.8 Å². The summed E-state index contributed by atoms with van der Waals surface area (Å²) in [5.41, 5.74) is 1.76. The number of nitrogens with zero attached hydrogens (tertiary/aromatic N) is 3. The molecule has 2 rings (SSSR count). The van der Waals surface area contributed by atoms with Gasteiger partial charge in [-0.05, 0) is 32.9 Å². The Balaban J connectivity index is 2.27. The number of aryl methyl sites for hydroxylation is 1. The first-order valence-electron chi connectivity index (χ1n) is 6.56. The highest BCUT2D eigenvalue weighted by Crippen LogP contribution is 2.26. The Morgan fingerprint density at radius 3 is 2.39 bits per heavy atom. The van der Waals surface area contributed by atoms with E-state index in [9.17, 15) is 9.90 Å². The summed E-state index contributed by atoms with van der Waals surface area (Å²) in [6.07, 6.45) is 6.27. The third-order valence-electron chi connectivity index (χ3n) is 3.81. The van der Waals surface area contributed by atoms with Crippen LogP contribution in [0, 0.1) is 6.92 Å². The van der Waals surface area contributed by atoms with Crippen molar-refractivity contribution in [1.82, 2.24) is 14.7 Å². The van der Waals surface area contributed by atoms with Gasteiger partial charge in [0.15, 0.2) is 0 Å². The fraction of sp³-hybridized carbons (Fsp3) is 0.692. The summed E-state index contributed by atoms with van der Waals surface area (Å²) in [5, 5.41) is 13.7. The monoisotopic (exact) mass is 251 g/mol. The SMILES string of the molecule is Cc1c(C(C(=O)O)N2CCCCCC2)cnn1C. The van der Waals surface area contributed by atoms with E-state index in [-0.39, 0.29) is 0 Å². The van der Waals surface area contributed by atoms with Gasteiger partial charge < -0.3 is 5.11 Å². The van der Waals surface area contributed by atoms with E-state index in [1.54, 1.807) is 10.9 Å². The highest BCUT2D eigenvalue weighted by molar-refractivity contribution is 5.75. The summed E-state index contributed by atoms with van der Waals surface area (Å²) in [6.45, 7) is 3.66. The van der Waals surface area contributed by atoms with Crippen molar-refractivity contribution in [3.05, 3.63) is 17.5 Å². The third-order valence-corrected chi connectivity index (χ3v) is 3.81. The van der Waals surface area contributed by atoms with Crippen molar-refractivity contribution in [2.75, 3.05) is 13.1 Å². The van der Waals surface area contributed by atoms with Crippen molar-refractivity contribution < 1.29 is 9.90 Å². The molecule has 1 aliphatic heterocycles. The lowest BCUT2D eigenvalue weighted by Crippen LogP contribution is -2.35. The van der Waals surface area contributed by atoms with Gasteiger partial charge in [0.2, 0.25) is 0 Å². The standard InChI is InChI=1S/C13H21N3O2/c1-10-11(9-14-15(10)2)12(13(17)18)16-7-5-3-4-6-8-16/h9,12H,3-8H2,1-2H3,(H,17,18). The molecule has 5 heteroatoms. The van der Waals surface area contributed by atoms with E-state index in [0.29, 0.717) is 0 Å². The van der Waals surface area contributed by atoms with Gasteiger partial charge in [0.05, 0.1) is 6.20 Å². The molecule has 5 nitrogen and oxygen atoms in total. The molecule has 0 aromatic carbocycles. The van der Waals surface area contributed by atoms with Crippen molar-refractivity contribution in [1.29, 1.82) is 0 Å². The molecule has 0 bridgehead atoms. The Morgan fingerprint density at radius 1 is 1.33 bits per heavy atom. The molecule has 100 valence electrons. The molecule has 1 N–H and O–H groups in total. The van der Waals surface area contributed by atoms with Gasteiger partial charge >= 0.3 is 5.97 Å². The van der Waals surface area contributed by atoms with Crippen molar-refractivity contribution in [2.45, 2.75) is 38.6 Å². The van der Waals surface area contributed by atoms with Gasteiger partial charge in [0, 0.05) is 18.3 Å². The minimum Gasteiger partial charge on any atom is -0.480 e. The van der Waals surface area contributed by atoms with Crippen molar-refractivity contribution in [3.63, 3.8) is 0 Å². The van der Waals surface area contributed by atoms with Gasteiger partial charge in [-0.25, -0.2) is 0 Å². The molecule has 1 aliphatic rings. The zero-order valence-corrected chi connectivity index (χ0v) is 11.1. The largest absolute Gasteiger partial charge is 0.480 e. The summed E-state index contributed by atoms with van der Waals surface area (Å²) in [7, 11) is 1.85. The molecule has 0 aliphatic carbocycles. The topological polar surface area (TPSA) is 58.4 Å².